The van der Waals surface area contributed by atoms with Gasteiger partial charge in [-0.2, -0.15) is 0 Å². The van der Waals surface area contributed by atoms with E-state index in [1.54, 1.807) is 0 Å². The van der Waals surface area contributed by atoms with E-state index >= 15 is 0 Å². The smallest absolute Gasteiger partial charge is 0.0724 e. The van der Waals surface area contributed by atoms with E-state index in [4.69, 9.17) is 0 Å². The van der Waals surface area contributed by atoms with Crippen molar-refractivity contribution in [1.29, 1.82) is 0 Å². The second-order valence-electron chi connectivity index (χ2n) is 7.52. The average Bonchev–Trinajstić information content (AvgIpc) is 2.78. The minimum Gasteiger partial charge on any atom is -0.281 e. The minimum absolute atomic E-state index is 0.238. The normalized spacial score (nSPS) is 11.7. The van der Waals surface area contributed by atoms with Crippen molar-refractivity contribution in [2.75, 3.05) is 0 Å². The van der Waals surface area contributed by atoms with E-state index in [9.17, 15) is 0 Å². The summed E-state index contributed by atoms with van der Waals surface area (Å²) in [4.78, 5) is 2.54. The van der Waals surface area contributed by atoms with Gasteiger partial charge in [0.25, 0.3) is 0 Å². The van der Waals surface area contributed by atoms with Crippen molar-refractivity contribution >= 4 is 0 Å². The lowest BCUT2D eigenvalue weighted by atomic mass is 10.0. The van der Waals surface area contributed by atoms with Gasteiger partial charge in [0, 0.05) is 18.7 Å². The second kappa shape index (κ2) is 11.9. The van der Waals surface area contributed by atoms with Crippen molar-refractivity contribution in [1.82, 2.24) is 4.90 Å². The van der Waals surface area contributed by atoms with Gasteiger partial charge in [0.2, 0.25) is 0 Å². The van der Waals surface area contributed by atoms with E-state index in [0.29, 0.717) is 0 Å². The standard InChI is InChI=1S/C28H31N/c1-2-3-7-20-28(22-21-25-14-8-4-9-15-25)29(23-26-16-10-5-11-17-26)24-27-18-12-6-13-19-27/h4-6,8-19,28H,2-3,7,20,23-24H2,1H3. The summed E-state index contributed by atoms with van der Waals surface area (Å²) in [5.41, 5.74) is 3.77. The van der Waals surface area contributed by atoms with E-state index in [1.807, 2.05) is 6.07 Å². The summed E-state index contributed by atoms with van der Waals surface area (Å²) >= 11 is 0. The first-order valence-electron chi connectivity index (χ1n) is 10.7. The predicted octanol–water partition coefficient (Wildman–Crippen LogP) is 6.69. The lowest BCUT2D eigenvalue weighted by molar-refractivity contribution is 0.205. The maximum absolute atomic E-state index is 3.61. The summed E-state index contributed by atoms with van der Waals surface area (Å²) < 4.78 is 0. The van der Waals surface area contributed by atoms with Gasteiger partial charge in [0.1, 0.15) is 0 Å². The zero-order valence-electron chi connectivity index (χ0n) is 17.4. The van der Waals surface area contributed by atoms with Crippen LogP contribution in [0, 0.1) is 11.8 Å². The van der Waals surface area contributed by atoms with E-state index in [0.717, 1.165) is 25.1 Å². The van der Waals surface area contributed by atoms with Gasteiger partial charge in [0.05, 0.1) is 6.04 Å². The Morgan fingerprint density at radius 3 is 1.72 bits per heavy atom. The highest BCUT2D eigenvalue weighted by molar-refractivity contribution is 5.35. The van der Waals surface area contributed by atoms with Gasteiger partial charge in [-0.1, -0.05) is 117 Å². The highest BCUT2D eigenvalue weighted by Crippen LogP contribution is 2.18. The summed E-state index contributed by atoms with van der Waals surface area (Å²) in [7, 11) is 0. The summed E-state index contributed by atoms with van der Waals surface area (Å²) in [5.74, 6) is 7.04. The largest absolute Gasteiger partial charge is 0.281 e. The van der Waals surface area contributed by atoms with E-state index in [1.165, 1.54) is 30.4 Å². The molecule has 1 unspecified atom stereocenters. The summed E-state index contributed by atoms with van der Waals surface area (Å²) in [5, 5.41) is 0. The van der Waals surface area contributed by atoms with Crippen LogP contribution in [0.15, 0.2) is 91.0 Å². The molecular formula is C28H31N. The fraction of sp³-hybridized carbons (Fsp3) is 0.286. The van der Waals surface area contributed by atoms with Crippen LogP contribution in [-0.4, -0.2) is 10.9 Å². The molecule has 0 spiro atoms. The maximum atomic E-state index is 3.61. The molecule has 0 aromatic heterocycles. The van der Waals surface area contributed by atoms with Crippen molar-refractivity contribution in [2.24, 2.45) is 0 Å². The van der Waals surface area contributed by atoms with Crippen LogP contribution >= 0.6 is 0 Å². The van der Waals surface area contributed by atoms with Gasteiger partial charge in [0.15, 0.2) is 0 Å². The highest BCUT2D eigenvalue weighted by Gasteiger charge is 2.17. The molecule has 1 nitrogen and oxygen atoms in total. The van der Waals surface area contributed by atoms with Crippen molar-refractivity contribution < 1.29 is 0 Å². The second-order valence-corrected chi connectivity index (χ2v) is 7.52. The molecule has 3 aromatic rings. The lowest BCUT2D eigenvalue weighted by Gasteiger charge is -2.29. The van der Waals surface area contributed by atoms with Crippen LogP contribution in [0.5, 0.6) is 0 Å². The summed E-state index contributed by atoms with van der Waals surface area (Å²) in [6.45, 7) is 4.09. The lowest BCUT2D eigenvalue weighted by Crippen LogP contribution is -2.33. The molecular weight excluding hydrogens is 350 g/mol. The zero-order valence-corrected chi connectivity index (χ0v) is 17.4. The third-order valence-corrected chi connectivity index (χ3v) is 5.14. The number of hydrogen-bond donors (Lipinski definition) is 0. The molecule has 3 rings (SSSR count). The molecule has 0 saturated carbocycles. The molecule has 0 heterocycles. The first kappa shape index (κ1) is 20.9. The zero-order chi connectivity index (χ0) is 20.2. The number of benzene rings is 3. The van der Waals surface area contributed by atoms with Crippen LogP contribution in [0.3, 0.4) is 0 Å². The molecule has 1 heteroatoms. The molecule has 0 bridgehead atoms. The monoisotopic (exact) mass is 381 g/mol. The summed E-state index contributed by atoms with van der Waals surface area (Å²) in [6, 6.07) is 32.1. The van der Waals surface area contributed by atoms with Crippen LogP contribution in [0.2, 0.25) is 0 Å². The van der Waals surface area contributed by atoms with Gasteiger partial charge in [-0.15, -0.1) is 0 Å². The Hall–Kier alpha value is -2.82. The molecule has 148 valence electrons. The van der Waals surface area contributed by atoms with Crippen LogP contribution in [0.25, 0.3) is 0 Å². The average molecular weight is 382 g/mol. The minimum atomic E-state index is 0.238. The Kier molecular flexibility index (Phi) is 8.57. The Labute approximate surface area is 176 Å². The topological polar surface area (TPSA) is 3.24 Å². The van der Waals surface area contributed by atoms with E-state index in [2.05, 4.69) is 109 Å². The first-order chi connectivity index (χ1) is 14.3. The van der Waals surface area contributed by atoms with Crippen LogP contribution in [0.4, 0.5) is 0 Å². The third kappa shape index (κ3) is 7.26. The van der Waals surface area contributed by atoms with Gasteiger partial charge < -0.3 is 0 Å². The number of unbranched alkanes of at least 4 members (excludes halogenated alkanes) is 2. The van der Waals surface area contributed by atoms with Crippen molar-refractivity contribution in [3.8, 4) is 11.8 Å². The molecule has 0 amide bonds. The molecule has 0 aliphatic carbocycles. The Balaban J connectivity index is 1.86. The van der Waals surface area contributed by atoms with Crippen molar-refractivity contribution in [3.05, 3.63) is 108 Å². The molecule has 0 aliphatic rings. The number of nitrogens with zero attached hydrogens (tertiary/aromatic N) is 1. The van der Waals surface area contributed by atoms with Crippen molar-refractivity contribution in [3.63, 3.8) is 0 Å². The van der Waals surface area contributed by atoms with Crippen LogP contribution < -0.4 is 0 Å². The van der Waals surface area contributed by atoms with Gasteiger partial charge in [-0.25, -0.2) is 0 Å². The molecule has 0 radical (unpaired) electrons. The predicted molar refractivity (Wildman–Crippen MR) is 123 cm³/mol. The number of hydrogen-bond acceptors (Lipinski definition) is 1. The first-order valence-corrected chi connectivity index (χ1v) is 10.7. The van der Waals surface area contributed by atoms with Gasteiger partial charge in [-0.05, 0) is 29.7 Å². The molecule has 1 atom stereocenters. The fourth-order valence-corrected chi connectivity index (χ4v) is 3.53. The third-order valence-electron chi connectivity index (χ3n) is 5.14. The van der Waals surface area contributed by atoms with Gasteiger partial charge in [-0.3, -0.25) is 4.90 Å². The highest BCUT2D eigenvalue weighted by atomic mass is 15.1. The number of rotatable bonds is 9. The molecule has 0 N–H and O–H groups in total. The summed E-state index contributed by atoms with van der Waals surface area (Å²) in [6.07, 6.45) is 4.81. The Bertz CT molecular complexity index is 834. The molecule has 3 aromatic carbocycles. The quantitative estimate of drug-likeness (QED) is 0.295. The van der Waals surface area contributed by atoms with Gasteiger partial charge >= 0.3 is 0 Å². The SMILES string of the molecule is CCCCCC(C#Cc1ccccc1)N(Cc1ccccc1)Cc1ccccc1. The molecule has 0 aliphatic heterocycles. The van der Waals surface area contributed by atoms with Crippen LogP contribution in [-0.2, 0) is 13.1 Å². The maximum Gasteiger partial charge on any atom is 0.0724 e. The Morgan fingerprint density at radius 1 is 0.690 bits per heavy atom. The van der Waals surface area contributed by atoms with E-state index in [-0.39, 0.29) is 6.04 Å². The van der Waals surface area contributed by atoms with Crippen molar-refractivity contribution in [2.45, 2.75) is 51.7 Å². The fourth-order valence-electron chi connectivity index (χ4n) is 3.53. The molecule has 29 heavy (non-hydrogen) atoms. The van der Waals surface area contributed by atoms with Crippen LogP contribution in [0.1, 0.15) is 49.3 Å². The molecule has 0 saturated heterocycles. The molecule has 0 fully saturated rings. The Morgan fingerprint density at radius 2 is 1.21 bits per heavy atom. The van der Waals surface area contributed by atoms with E-state index < -0.39 is 0 Å².